The second-order valence-corrected chi connectivity index (χ2v) is 11.2. The van der Waals surface area contributed by atoms with E-state index in [1.165, 1.54) is 12.4 Å². The number of nitrogens with one attached hydrogen (secondary N) is 3. The molecule has 2 aromatic heterocycles. The molecule has 0 unspecified atom stereocenters. The van der Waals surface area contributed by atoms with E-state index in [9.17, 15) is 23.1 Å². The van der Waals surface area contributed by atoms with Crippen LogP contribution in [0.1, 0.15) is 34.3 Å². The van der Waals surface area contributed by atoms with Crippen LogP contribution in [0.25, 0.3) is 5.82 Å². The number of amides is 1. The Kier molecular flexibility index (Phi) is 8.59. The molecule has 0 spiro atoms. The fourth-order valence-corrected chi connectivity index (χ4v) is 5.19. The van der Waals surface area contributed by atoms with Crippen molar-refractivity contribution in [1.82, 2.24) is 24.4 Å². The second kappa shape index (κ2) is 12.7. The normalized spacial score (nSPS) is 15.6. The number of aliphatic hydroxyl groups is 1. The van der Waals surface area contributed by atoms with Crippen LogP contribution >= 0.6 is 0 Å². The molecule has 3 heterocycles. The highest BCUT2D eigenvalue weighted by Gasteiger charge is 2.33. The van der Waals surface area contributed by atoms with Gasteiger partial charge in [0, 0.05) is 79.9 Å². The van der Waals surface area contributed by atoms with Gasteiger partial charge >= 0.3 is 6.18 Å². The maximum absolute atomic E-state index is 13.9. The minimum atomic E-state index is -4.62. The fraction of sp³-hybridized carbons (Fsp3) is 0.355. The Labute approximate surface area is 258 Å². The van der Waals surface area contributed by atoms with Gasteiger partial charge in [-0.15, -0.1) is 0 Å². The molecule has 236 valence electrons. The molecule has 14 heteroatoms. The van der Waals surface area contributed by atoms with Crippen LogP contribution in [0.4, 0.5) is 42.0 Å². The van der Waals surface area contributed by atoms with Gasteiger partial charge in [0.25, 0.3) is 5.91 Å². The highest BCUT2D eigenvalue weighted by atomic mass is 19.4. The molecule has 0 atom stereocenters. The van der Waals surface area contributed by atoms with Gasteiger partial charge in [0.15, 0.2) is 0 Å². The first-order chi connectivity index (χ1) is 21.7. The van der Waals surface area contributed by atoms with E-state index in [0.717, 1.165) is 36.4 Å². The summed E-state index contributed by atoms with van der Waals surface area (Å²) in [5, 5.41) is 18.6. The molecule has 1 amide bonds. The molecule has 1 saturated carbocycles. The number of hydrogen-bond acceptors (Lipinski definition) is 9. The molecule has 1 aliphatic heterocycles. The highest BCUT2D eigenvalue weighted by molar-refractivity contribution is 6.05. The first-order valence-corrected chi connectivity index (χ1v) is 14.8. The Morgan fingerprint density at radius 1 is 1.02 bits per heavy atom. The van der Waals surface area contributed by atoms with Gasteiger partial charge in [-0.1, -0.05) is 6.07 Å². The van der Waals surface area contributed by atoms with Crippen molar-refractivity contribution in [3.05, 3.63) is 77.9 Å². The van der Waals surface area contributed by atoms with Gasteiger partial charge < -0.3 is 26.0 Å². The lowest BCUT2D eigenvalue weighted by molar-refractivity contribution is -0.137. The minimum absolute atomic E-state index is 0.0221. The molecular weight excluding hydrogens is 587 g/mol. The van der Waals surface area contributed by atoms with E-state index in [2.05, 4.69) is 30.9 Å². The van der Waals surface area contributed by atoms with Crippen molar-refractivity contribution in [3.63, 3.8) is 0 Å². The summed E-state index contributed by atoms with van der Waals surface area (Å²) in [6.07, 6.45) is 2.50. The number of piperazine rings is 1. The first-order valence-electron chi connectivity index (χ1n) is 14.8. The summed E-state index contributed by atoms with van der Waals surface area (Å²) in [5.41, 5.74) is 1.26. The third kappa shape index (κ3) is 7.35. The zero-order valence-corrected chi connectivity index (χ0v) is 24.7. The molecule has 1 aliphatic carbocycles. The minimum Gasteiger partial charge on any atom is -0.395 e. The Morgan fingerprint density at radius 3 is 2.56 bits per heavy atom. The van der Waals surface area contributed by atoms with Gasteiger partial charge in [-0.2, -0.15) is 13.2 Å². The molecule has 4 aromatic rings. The molecule has 2 aliphatic rings. The second-order valence-electron chi connectivity index (χ2n) is 11.2. The SMILES string of the molecule is Cc1ccc(NC(=O)c2cc(N3CCN(CCO)CC3)cc(C(F)(F)F)c2)cc1Nc1nccn1-c1cc(NC2CC2)ncn1. The van der Waals surface area contributed by atoms with Crippen LogP contribution in [-0.2, 0) is 6.18 Å². The Morgan fingerprint density at radius 2 is 1.82 bits per heavy atom. The lowest BCUT2D eigenvalue weighted by atomic mass is 10.1. The third-order valence-electron chi connectivity index (χ3n) is 7.87. The first kappa shape index (κ1) is 30.3. The van der Waals surface area contributed by atoms with Crippen molar-refractivity contribution in [2.75, 3.05) is 60.2 Å². The highest BCUT2D eigenvalue weighted by Crippen LogP contribution is 2.34. The number of carbonyl (C=O) groups is 1. The van der Waals surface area contributed by atoms with Crippen LogP contribution in [0.15, 0.2) is 61.2 Å². The average molecular weight is 622 g/mol. The van der Waals surface area contributed by atoms with Gasteiger partial charge in [0.2, 0.25) is 5.95 Å². The number of β-amino-alcohol motifs (C(OH)–C–C–N with tert-alkyl or cyclic N) is 1. The molecule has 2 fully saturated rings. The molecule has 45 heavy (non-hydrogen) atoms. The number of aryl methyl sites for hydroxylation is 1. The predicted molar refractivity (Wildman–Crippen MR) is 165 cm³/mol. The Balaban J connectivity index is 1.20. The average Bonchev–Trinajstić information content (AvgIpc) is 3.72. The van der Waals surface area contributed by atoms with Crippen LogP contribution in [0.2, 0.25) is 0 Å². The number of hydrogen-bond donors (Lipinski definition) is 4. The lowest BCUT2D eigenvalue weighted by Crippen LogP contribution is -2.47. The zero-order valence-electron chi connectivity index (χ0n) is 24.7. The van der Waals surface area contributed by atoms with E-state index in [-0.39, 0.29) is 12.2 Å². The number of aromatic nitrogens is 4. The van der Waals surface area contributed by atoms with Crippen molar-refractivity contribution >= 4 is 34.7 Å². The molecule has 0 bridgehead atoms. The van der Waals surface area contributed by atoms with Gasteiger partial charge in [0.1, 0.15) is 18.0 Å². The Hall–Kier alpha value is -4.69. The number of carbonyl (C=O) groups excluding carboxylic acids is 1. The maximum atomic E-state index is 13.9. The number of rotatable bonds is 10. The van der Waals surface area contributed by atoms with Gasteiger partial charge in [-0.05, 0) is 55.7 Å². The van der Waals surface area contributed by atoms with E-state index in [0.29, 0.717) is 67.6 Å². The molecular formula is C31H34F3N9O2. The van der Waals surface area contributed by atoms with Crippen LogP contribution in [0.5, 0.6) is 0 Å². The van der Waals surface area contributed by atoms with Crippen molar-refractivity contribution in [2.24, 2.45) is 0 Å². The largest absolute Gasteiger partial charge is 0.416 e. The summed E-state index contributed by atoms with van der Waals surface area (Å²) < 4.78 is 43.4. The van der Waals surface area contributed by atoms with Crippen LogP contribution in [-0.4, -0.2) is 80.8 Å². The van der Waals surface area contributed by atoms with Gasteiger partial charge in [0.05, 0.1) is 12.2 Å². The molecule has 4 N–H and O–H groups in total. The third-order valence-corrected chi connectivity index (χ3v) is 7.87. The summed E-state index contributed by atoms with van der Waals surface area (Å²) in [5.74, 6) is 1.17. The van der Waals surface area contributed by atoms with E-state index >= 15 is 0 Å². The number of halogens is 3. The number of alkyl halides is 3. The standard InChI is InChI=1S/C31H34F3N9O2/c1-20-2-3-24(17-26(20)40-30-35-6-7-43(30)28-18-27(36-19-37-28)38-23-4-5-23)39-29(45)21-14-22(31(32,33)34)16-25(15-21)42-10-8-41(9-11-42)12-13-44/h2-3,6-7,14-19,23,44H,4-5,8-13H2,1H3,(H,35,40)(H,39,45)(H,36,37,38). The summed E-state index contributed by atoms with van der Waals surface area (Å²) >= 11 is 0. The van der Waals surface area contributed by atoms with Crippen LogP contribution in [0, 0.1) is 6.92 Å². The van der Waals surface area contributed by atoms with E-state index < -0.39 is 17.6 Å². The van der Waals surface area contributed by atoms with Crippen LogP contribution < -0.4 is 20.9 Å². The summed E-state index contributed by atoms with van der Waals surface area (Å²) in [6.45, 7) is 4.60. The fourth-order valence-electron chi connectivity index (χ4n) is 5.19. The summed E-state index contributed by atoms with van der Waals surface area (Å²) in [7, 11) is 0. The number of nitrogens with zero attached hydrogens (tertiary/aromatic N) is 6. The number of benzene rings is 2. The summed E-state index contributed by atoms with van der Waals surface area (Å²) in [6, 6.07) is 10.9. The van der Waals surface area contributed by atoms with E-state index in [1.54, 1.807) is 35.2 Å². The molecule has 11 nitrogen and oxygen atoms in total. The van der Waals surface area contributed by atoms with Crippen molar-refractivity contribution in [1.29, 1.82) is 0 Å². The van der Waals surface area contributed by atoms with E-state index in [1.807, 2.05) is 22.8 Å². The van der Waals surface area contributed by atoms with Gasteiger partial charge in [-0.3, -0.25) is 14.3 Å². The van der Waals surface area contributed by atoms with Crippen LogP contribution in [0.3, 0.4) is 0 Å². The molecule has 0 radical (unpaired) electrons. The van der Waals surface area contributed by atoms with E-state index in [4.69, 9.17) is 0 Å². The monoisotopic (exact) mass is 621 g/mol. The van der Waals surface area contributed by atoms with Gasteiger partial charge in [-0.25, -0.2) is 15.0 Å². The zero-order chi connectivity index (χ0) is 31.6. The summed E-state index contributed by atoms with van der Waals surface area (Å²) in [4.78, 5) is 30.3. The Bertz CT molecular complexity index is 1660. The topological polar surface area (TPSA) is 123 Å². The predicted octanol–water partition coefficient (Wildman–Crippen LogP) is 4.67. The smallest absolute Gasteiger partial charge is 0.395 e. The molecule has 1 saturated heterocycles. The van der Waals surface area contributed by atoms with Crippen molar-refractivity contribution in [3.8, 4) is 5.82 Å². The number of aliphatic hydroxyl groups excluding tert-OH is 1. The number of anilines is 5. The van der Waals surface area contributed by atoms with Crippen molar-refractivity contribution < 1.29 is 23.1 Å². The quantitative estimate of drug-likeness (QED) is 0.200. The maximum Gasteiger partial charge on any atom is 0.416 e. The van der Waals surface area contributed by atoms with Crippen molar-refractivity contribution in [2.45, 2.75) is 32.0 Å². The number of imidazole rings is 1. The lowest BCUT2D eigenvalue weighted by Gasteiger charge is -2.36. The molecule has 2 aromatic carbocycles. The molecule has 6 rings (SSSR count).